The number of nitrogens with zero attached hydrogens (tertiary/aromatic N) is 4. The molecule has 0 radical (unpaired) electrons. The lowest BCUT2D eigenvalue weighted by molar-refractivity contribution is -0.128. The summed E-state index contributed by atoms with van der Waals surface area (Å²) < 4.78 is 16.3. The topological polar surface area (TPSA) is 152 Å². The minimum atomic E-state index is -1.83. The molecule has 4 heterocycles. The van der Waals surface area contributed by atoms with Gasteiger partial charge in [-0.15, -0.1) is 0 Å². The van der Waals surface area contributed by atoms with Crippen LogP contribution >= 0.6 is 0 Å². The maximum Gasteiger partial charge on any atom is 0.475 e. The molecule has 3 N–H and O–H groups in total. The molecule has 2 aromatic rings. The van der Waals surface area contributed by atoms with Crippen LogP contribution < -0.4 is 5.32 Å². The predicted octanol–water partition coefficient (Wildman–Crippen LogP) is 1.32. The number of piperazine rings is 1. The molecule has 0 saturated carbocycles. The number of rotatable bonds is 10. The molecule has 0 bridgehead atoms. The fourth-order valence-corrected chi connectivity index (χ4v) is 6.14. The number of hydrogen-bond donors (Lipinski definition) is 3. The average molecular weight is 593 g/mol. The number of hydrogen-bond acceptors (Lipinski definition) is 10. The Morgan fingerprint density at radius 1 is 1.21 bits per heavy atom. The van der Waals surface area contributed by atoms with Gasteiger partial charge in [0.15, 0.2) is 0 Å². The molecular weight excluding hydrogens is 553 g/mol. The monoisotopic (exact) mass is 593 g/mol. The zero-order valence-electron chi connectivity index (χ0n) is 24.8. The molecule has 230 valence electrons. The van der Waals surface area contributed by atoms with Gasteiger partial charge in [-0.25, -0.2) is 4.79 Å². The first-order valence-corrected chi connectivity index (χ1v) is 14.9. The number of nitrogens with one attached hydrogen (secondary N) is 1. The van der Waals surface area contributed by atoms with E-state index < -0.39 is 24.7 Å². The summed E-state index contributed by atoms with van der Waals surface area (Å²) in [6.07, 6.45) is 3.93. The number of carbonyl (C=O) groups is 2. The Morgan fingerprint density at radius 2 is 1.95 bits per heavy atom. The molecule has 0 aliphatic carbocycles. The SMILES string of the molecule is CC(C)(C=C(C#N)C(=O)N1CCCC1COC(=O)N[C@@H](Cc1coc2ccccc12)B(O)O)N1CCN(C2COC2)CC1. The second-order valence-electron chi connectivity index (χ2n) is 12.1. The molecule has 12 nitrogen and oxygen atoms in total. The summed E-state index contributed by atoms with van der Waals surface area (Å²) in [4.78, 5) is 32.5. The number of amides is 2. The van der Waals surface area contributed by atoms with Gasteiger partial charge in [0.1, 0.15) is 23.8 Å². The standard InChI is InChI=1S/C30H40BN5O7/c1-30(2,35-12-10-34(11-13-35)24-18-41-19-24)15-22(16-32)28(37)36-9-5-6-23(36)20-43-29(38)33-27(31(39)40)14-21-17-42-26-8-4-3-7-25(21)26/h3-4,7-8,15,17,23-24,27,39-40H,5-6,9-14,18-20H2,1-2H3,(H,33,38)/t23?,27-/m0/s1. The third kappa shape index (κ3) is 7.22. The molecule has 1 aromatic carbocycles. The van der Waals surface area contributed by atoms with Crippen molar-refractivity contribution >= 4 is 30.1 Å². The molecule has 13 heteroatoms. The Bertz CT molecular complexity index is 1360. The summed E-state index contributed by atoms with van der Waals surface area (Å²) >= 11 is 0. The predicted molar refractivity (Wildman–Crippen MR) is 159 cm³/mol. The number of benzene rings is 1. The van der Waals surface area contributed by atoms with Gasteiger partial charge in [-0.3, -0.25) is 14.6 Å². The molecule has 43 heavy (non-hydrogen) atoms. The van der Waals surface area contributed by atoms with E-state index in [2.05, 4.69) is 21.2 Å². The van der Waals surface area contributed by atoms with Crippen LogP contribution in [0.4, 0.5) is 4.79 Å². The summed E-state index contributed by atoms with van der Waals surface area (Å²) in [6, 6.07) is 9.57. The van der Waals surface area contributed by atoms with Gasteiger partial charge in [-0.2, -0.15) is 5.26 Å². The minimum absolute atomic E-state index is 0.0740. The van der Waals surface area contributed by atoms with E-state index in [0.717, 1.165) is 56.8 Å². The van der Waals surface area contributed by atoms with Crippen LogP contribution in [0.1, 0.15) is 32.3 Å². The number of para-hydroxylation sites is 1. The van der Waals surface area contributed by atoms with Gasteiger partial charge in [0, 0.05) is 43.6 Å². The van der Waals surface area contributed by atoms with Crippen LogP contribution in [0.15, 0.2) is 46.6 Å². The molecule has 0 spiro atoms. The number of nitriles is 1. The van der Waals surface area contributed by atoms with Gasteiger partial charge in [0.2, 0.25) is 0 Å². The first-order chi connectivity index (χ1) is 20.7. The van der Waals surface area contributed by atoms with Gasteiger partial charge in [0.05, 0.1) is 37.5 Å². The lowest BCUT2D eigenvalue weighted by Crippen LogP contribution is -2.59. The van der Waals surface area contributed by atoms with Crippen molar-refractivity contribution in [2.75, 3.05) is 52.5 Å². The number of ether oxygens (including phenoxy) is 2. The van der Waals surface area contributed by atoms with E-state index >= 15 is 0 Å². The highest BCUT2D eigenvalue weighted by molar-refractivity contribution is 6.43. The zero-order chi connectivity index (χ0) is 30.6. The maximum absolute atomic E-state index is 13.5. The van der Waals surface area contributed by atoms with Crippen molar-refractivity contribution < 1.29 is 33.5 Å². The van der Waals surface area contributed by atoms with Crippen molar-refractivity contribution in [2.24, 2.45) is 0 Å². The fourth-order valence-electron chi connectivity index (χ4n) is 6.14. The summed E-state index contributed by atoms with van der Waals surface area (Å²) in [5.41, 5.74) is 0.963. The number of likely N-dealkylation sites (tertiary alicyclic amines) is 1. The number of furan rings is 1. The second-order valence-corrected chi connectivity index (χ2v) is 12.1. The number of carbonyl (C=O) groups excluding carboxylic acids is 2. The van der Waals surface area contributed by atoms with Crippen molar-refractivity contribution in [2.45, 2.75) is 56.7 Å². The van der Waals surface area contributed by atoms with Gasteiger partial charge in [-0.05, 0) is 50.8 Å². The zero-order valence-corrected chi connectivity index (χ0v) is 24.8. The molecule has 3 fully saturated rings. The molecule has 2 amide bonds. The molecule has 1 unspecified atom stereocenters. The highest BCUT2D eigenvalue weighted by Crippen LogP contribution is 2.26. The maximum atomic E-state index is 13.5. The van der Waals surface area contributed by atoms with Gasteiger partial charge in [0.25, 0.3) is 5.91 Å². The first kappa shape index (κ1) is 31.0. The number of alkyl carbamates (subject to hydrolysis) is 1. The lowest BCUT2D eigenvalue weighted by atomic mass is 9.76. The van der Waals surface area contributed by atoms with E-state index in [1.54, 1.807) is 17.0 Å². The fraction of sp³-hybridized carbons (Fsp3) is 0.567. The smallest absolute Gasteiger partial charge is 0.464 e. The Labute approximate surface area is 251 Å². The van der Waals surface area contributed by atoms with Gasteiger partial charge < -0.3 is 34.2 Å². The Kier molecular flexibility index (Phi) is 9.73. The summed E-state index contributed by atoms with van der Waals surface area (Å²) in [6.45, 7) is 9.50. The van der Waals surface area contributed by atoms with E-state index in [-0.39, 0.29) is 30.5 Å². The Balaban J connectivity index is 1.15. The molecule has 3 saturated heterocycles. The molecule has 2 atom stereocenters. The van der Waals surface area contributed by atoms with Crippen LogP contribution in [0.25, 0.3) is 11.0 Å². The largest absolute Gasteiger partial charge is 0.475 e. The van der Waals surface area contributed by atoms with E-state index in [9.17, 15) is 24.9 Å². The molecule has 5 rings (SSSR count). The van der Waals surface area contributed by atoms with Gasteiger partial charge in [-0.1, -0.05) is 18.2 Å². The molecular formula is C30H40BN5O7. The van der Waals surface area contributed by atoms with Crippen LogP contribution in [0.5, 0.6) is 0 Å². The summed E-state index contributed by atoms with van der Waals surface area (Å²) in [5, 5.41) is 33.1. The lowest BCUT2D eigenvalue weighted by Gasteiger charge is -2.46. The second kappa shape index (κ2) is 13.5. The average Bonchev–Trinajstić information content (AvgIpc) is 3.61. The third-order valence-electron chi connectivity index (χ3n) is 8.82. The van der Waals surface area contributed by atoms with Crippen LogP contribution in [-0.4, -0.2) is 120 Å². The number of fused-ring (bicyclic) bond motifs is 1. The van der Waals surface area contributed by atoms with Crippen molar-refractivity contribution in [3.8, 4) is 6.07 Å². The van der Waals surface area contributed by atoms with Gasteiger partial charge >= 0.3 is 13.2 Å². The molecule has 3 aliphatic rings. The van der Waals surface area contributed by atoms with Crippen molar-refractivity contribution in [3.05, 3.63) is 47.7 Å². The molecule has 1 aromatic heterocycles. The van der Waals surface area contributed by atoms with Crippen LogP contribution in [-0.2, 0) is 20.7 Å². The van der Waals surface area contributed by atoms with Crippen molar-refractivity contribution in [3.63, 3.8) is 0 Å². The van der Waals surface area contributed by atoms with E-state index in [1.165, 1.54) is 6.26 Å². The summed E-state index contributed by atoms with van der Waals surface area (Å²) in [5.74, 6) is -1.41. The molecule has 3 aliphatic heterocycles. The third-order valence-corrected chi connectivity index (χ3v) is 8.82. The Morgan fingerprint density at radius 3 is 2.63 bits per heavy atom. The van der Waals surface area contributed by atoms with Crippen molar-refractivity contribution in [1.29, 1.82) is 5.26 Å². The van der Waals surface area contributed by atoms with E-state index in [4.69, 9.17) is 13.9 Å². The van der Waals surface area contributed by atoms with Crippen LogP contribution in [0.2, 0.25) is 0 Å². The van der Waals surface area contributed by atoms with Crippen LogP contribution in [0, 0.1) is 11.3 Å². The quantitative estimate of drug-likeness (QED) is 0.209. The normalized spacial score (nSPS) is 21.3. The minimum Gasteiger partial charge on any atom is -0.464 e. The first-order valence-electron chi connectivity index (χ1n) is 14.9. The Hall–Kier alpha value is -3.41. The van der Waals surface area contributed by atoms with Crippen molar-refractivity contribution in [1.82, 2.24) is 20.0 Å². The summed E-state index contributed by atoms with van der Waals surface area (Å²) in [7, 11) is -1.83. The highest BCUT2D eigenvalue weighted by Gasteiger charge is 2.36. The van der Waals surface area contributed by atoms with E-state index in [0.29, 0.717) is 24.6 Å². The van der Waals surface area contributed by atoms with E-state index in [1.807, 2.05) is 32.0 Å². The van der Waals surface area contributed by atoms with Crippen LogP contribution in [0.3, 0.4) is 0 Å². The highest BCUT2D eigenvalue weighted by atomic mass is 16.5.